The Morgan fingerprint density at radius 2 is 2.20 bits per heavy atom. The molecule has 25 heavy (non-hydrogen) atoms. The van der Waals surface area contributed by atoms with Crippen molar-refractivity contribution >= 4 is 23.0 Å². The van der Waals surface area contributed by atoms with Gasteiger partial charge in [0.25, 0.3) is 11.6 Å². The second kappa shape index (κ2) is 7.18. The smallest absolute Gasteiger partial charge is 0.339 e. The standard InChI is InChI=1S/C17H21N3O5/c1-9(7-23-3)18-14(21)8-24-17(22)12-6-13(11-4-5-11)19-16-15(12)10(2)20-25-16/h6,9,11H,4-5,7-8H2,1-3H3,(H,18,21)/t9-/m1/s1. The van der Waals surface area contributed by atoms with Gasteiger partial charge in [-0.2, -0.15) is 0 Å². The second-order valence-corrected chi connectivity index (χ2v) is 6.32. The fourth-order valence-electron chi connectivity index (χ4n) is 2.68. The molecular weight excluding hydrogens is 326 g/mol. The van der Waals surface area contributed by atoms with E-state index in [1.807, 2.05) is 0 Å². The van der Waals surface area contributed by atoms with Gasteiger partial charge in [0.05, 0.1) is 23.3 Å². The Bertz CT molecular complexity index is 797. The summed E-state index contributed by atoms with van der Waals surface area (Å²) in [7, 11) is 1.55. The summed E-state index contributed by atoms with van der Waals surface area (Å²) in [4.78, 5) is 28.8. The van der Waals surface area contributed by atoms with E-state index < -0.39 is 5.97 Å². The molecule has 2 aromatic rings. The van der Waals surface area contributed by atoms with Crippen LogP contribution in [0, 0.1) is 6.92 Å². The second-order valence-electron chi connectivity index (χ2n) is 6.32. The summed E-state index contributed by atoms with van der Waals surface area (Å²) in [5.74, 6) is -0.623. The Hall–Kier alpha value is -2.48. The number of carbonyl (C=O) groups is 2. The van der Waals surface area contributed by atoms with E-state index in [2.05, 4.69) is 15.5 Å². The Morgan fingerprint density at radius 3 is 2.88 bits per heavy atom. The van der Waals surface area contributed by atoms with Gasteiger partial charge in [0.2, 0.25) is 0 Å². The van der Waals surface area contributed by atoms with E-state index in [0.29, 0.717) is 34.9 Å². The van der Waals surface area contributed by atoms with Crippen molar-refractivity contribution in [2.75, 3.05) is 20.3 Å². The highest BCUT2D eigenvalue weighted by atomic mass is 16.5. The van der Waals surface area contributed by atoms with Crippen LogP contribution in [0.2, 0.25) is 0 Å². The Labute approximate surface area is 144 Å². The molecule has 1 N–H and O–H groups in total. The predicted molar refractivity (Wildman–Crippen MR) is 88.3 cm³/mol. The van der Waals surface area contributed by atoms with E-state index >= 15 is 0 Å². The lowest BCUT2D eigenvalue weighted by molar-refractivity contribution is -0.125. The van der Waals surface area contributed by atoms with Gasteiger partial charge in [0.1, 0.15) is 0 Å². The lowest BCUT2D eigenvalue weighted by Crippen LogP contribution is -2.38. The molecular formula is C17H21N3O5. The van der Waals surface area contributed by atoms with Crippen LogP contribution >= 0.6 is 0 Å². The van der Waals surface area contributed by atoms with E-state index in [1.54, 1.807) is 27.0 Å². The van der Waals surface area contributed by atoms with Crippen molar-refractivity contribution in [1.82, 2.24) is 15.5 Å². The minimum absolute atomic E-state index is 0.161. The number of methoxy groups -OCH3 is 1. The molecule has 134 valence electrons. The van der Waals surface area contributed by atoms with Crippen molar-refractivity contribution in [3.8, 4) is 0 Å². The van der Waals surface area contributed by atoms with Gasteiger partial charge in [-0.05, 0) is 32.8 Å². The number of rotatable bonds is 7. The van der Waals surface area contributed by atoms with Crippen LogP contribution < -0.4 is 5.32 Å². The third-order valence-corrected chi connectivity index (χ3v) is 4.01. The van der Waals surface area contributed by atoms with Gasteiger partial charge in [0.15, 0.2) is 6.61 Å². The third-order valence-electron chi connectivity index (χ3n) is 4.01. The molecule has 1 fully saturated rings. The van der Waals surface area contributed by atoms with E-state index in [-0.39, 0.29) is 18.6 Å². The SMILES string of the molecule is COC[C@@H](C)NC(=O)COC(=O)c1cc(C2CC2)nc2onc(C)c12. The minimum Gasteiger partial charge on any atom is -0.452 e. The molecule has 0 aromatic carbocycles. The normalized spacial score (nSPS) is 15.2. The molecule has 1 aliphatic carbocycles. The molecule has 0 radical (unpaired) electrons. The predicted octanol–water partition coefficient (Wildman–Crippen LogP) is 1.72. The number of ether oxygens (including phenoxy) is 2. The number of hydrogen-bond donors (Lipinski definition) is 1. The van der Waals surface area contributed by atoms with Gasteiger partial charge >= 0.3 is 5.97 Å². The van der Waals surface area contributed by atoms with E-state index in [9.17, 15) is 9.59 Å². The fourth-order valence-corrected chi connectivity index (χ4v) is 2.68. The number of hydrogen-bond acceptors (Lipinski definition) is 7. The van der Waals surface area contributed by atoms with E-state index in [4.69, 9.17) is 14.0 Å². The van der Waals surface area contributed by atoms with Gasteiger partial charge in [-0.15, -0.1) is 0 Å². The molecule has 3 rings (SSSR count). The Morgan fingerprint density at radius 1 is 1.44 bits per heavy atom. The molecule has 0 bridgehead atoms. The van der Waals surface area contributed by atoms with Gasteiger partial charge in [-0.25, -0.2) is 9.78 Å². The largest absolute Gasteiger partial charge is 0.452 e. The van der Waals surface area contributed by atoms with Gasteiger partial charge in [-0.3, -0.25) is 4.79 Å². The maximum Gasteiger partial charge on any atom is 0.339 e. The van der Waals surface area contributed by atoms with Crippen molar-refractivity contribution in [1.29, 1.82) is 0 Å². The lowest BCUT2D eigenvalue weighted by Gasteiger charge is -2.13. The van der Waals surface area contributed by atoms with Crippen LogP contribution in [0.25, 0.3) is 11.1 Å². The molecule has 1 atom stereocenters. The first kappa shape index (κ1) is 17.3. The lowest BCUT2D eigenvalue weighted by atomic mass is 10.1. The van der Waals surface area contributed by atoms with E-state index in [0.717, 1.165) is 18.5 Å². The highest BCUT2D eigenvalue weighted by Crippen LogP contribution is 2.40. The number of nitrogens with one attached hydrogen (secondary N) is 1. The van der Waals surface area contributed by atoms with Crippen molar-refractivity contribution in [3.63, 3.8) is 0 Å². The first-order chi connectivity index (χ1) is 12.0. The van der Waals surface area contributed by atoms with Crippen LogP contribution in [-0.4, -0.2) is 48.4 Å². The first-order valence-corrected chi connectivity index (χ1v) is 8.22. The fraction of sp³-hybridized carbons (Fsp3) is 0.529. The number of carbonyl (C=O) groups excluding carboxylic acids is 2. The molecule has 8 nitrogen and oxygen atoms in total. The number of aromatic nitrogens is 2. The van der Waals surface area contributed by atoms with Gasteiger partial charge in [0, 0.05) is 24.8 Å². The first-order valence-electron chi connectivity index (χ1n) is 8.22. The van der Waals surface area contributed by atoms with Crippen LogP contribution in [0.4, 0.5) is 0 Å². The summed E-state index contributed by atoms with van der Waals surface area (Å²) < 4.78 is 15.3. The summed E-state index contributed by atoms with van der Waals surface area (Å²) in [5.41, 5.74) is 2.03. The summed E-state index contributed by atoms with van der Waals surface area (Å²) in [6.45, 7) is 3.56. The molecule has 0 spiro atoms. The number of nitrogens with zero attached hydrogens (tertiary/aromatic N) is 2. The number of pyridine rings is 1. The number of esters is 1. The monoisotopic (exact) mass is 347 g/mol. The van der Waals surface area contributed by atoms with Crippen molar-refractivity contribution in [3.05, 3.63) is 23.0 Å². The molecule has 0 aliphatic heterocycles. The molecule has 0 unspecified atom stereocenters. The van der Waals surface area contributed by atoms with Crippen LogP contribution in [0.15, 0.2) is 10.6 Å². The average Bonchev–Trinajstić information content (AvgIpc) is 3.36. The average molecular weight is 347 g/mol. The highest BCUT2D eigenvalue weighted by molar-refractivity contribution is 6.03. The zero-order chi connectivity index (χ0) is 18.0. The molecule has 8 heteroatoms. The molecule has 2 aromatic heterocycles. The van der Waals surface area contributed by atoms with Crippen LogP contribution in [0.3, 0.4) is 0 Å². The third kappa shape index (κ3) is 3.96. The molecule has 1 amide bonds. The Kier molecular flexibility index (Phi) is 4.98. The maximum atomic E-state index is 12.5. The quantitative estimate of drug-likeness (QED) is 0.760. The van der Waals surface area contributed by atoms with Crippen molar-refractivity contribution in [2.24, 2.45) is 0 Å². The number of amides is 1. The molecule has 1 aliphatic rings. The zero-order valence-electron chi connectivity index (χ0n) is 14.5. The summed E-state index contributed by atoms with van der Waals surface area (Å²) in [6.07, 6.45) is 2.08. The highest BCUT2D eigenvalue weighted by Gasteiger charge is 2.29. The van der Waals surface area contributed by atoms with E-state index in [1.165, 1.54) is 0 Å². The van der Waals surface area contributed by atoms with Gasteiger partial charge in [-0.1, -0.05) is 5.16 Å². The topological polar surface area (TPSA) is 104 Å². The zero-order valence-corrected chi connectivity index (χ0v) is 14.5. The molecule has 1 saturated carbocycles. The summed E-state index contributed by atoms with van der Waals surface area (Å²) in [6, 6.07) is 1.56. The van der Waals surface area contributed by atoms with Crippen LogP contribution in [0.5, 0.6) is 0 Å². The van der Waals surface area contributed by atoms with Crippen LogP contribution in [0.1, 0.15) is 47.4 Å². The number of aryl methyl sites for hydroxylation is 1. The summed E-state index contributed by atoms with van der Waals surface area (Å²) >= 11 is 0. The minimum atomic E-state index is -0.588. The molecule has 0 saturated heterocycles. The Balaban J connectivity index is 1.73. The molecule has 2 heterocycles. The van der Waals surface area contributed by atoms with Crippen molar-refractivity contribution in [2.45, 2.75) is 38.6 Å². The number of fused-ring (bicyclic) bond motifs is 1. The van der Waals surface area contributed by atoms with Crippen molar-refractivity contribution < 1.29 is 23.6 Å². The maximum absolute atomic E-state index is 12.5. The van der Waals surface area contributed by atoms with Crippen LogP contribution in [-0.2, 0) is 14.3 Å². The van der Waals surface area contributed by atoms with Gasteiger partial charge < -0.3 is 19.3 Å². The summed E-state index contributed by atoms with van der Waals surface area (Å²) in [5, 5.41) is 7.09.